The van der Waals surface area contributed by atoms with Crippen LogP contribution in [0.25, 0.3) is 0 Å². The van der Waals surface area contributed by atoms with E-state index in [2.05, 4.69) is 11.3 Å². The van der Waals surface area contributed by atoms with Gasteiger partial charge in [-0.05, 0) is 19.1 Å². The lowest BCUT2D eigenvalue weighted by atomic mass is 10.3. The maximum absolute atomic E-state index is 11.3. The second-order valence-electron chi connectivity index (χ2n) is 3.30. The van der Waals surface area contributed by atoms with E-state index in [9.17, 15) is 14.7 Å². The minimum absolute atomic E-state index is 0.0175. The number of hydrogen-bond donors (Lipinski definition) is 1. The fourth-order valence-corrected chi connectivity index (χ4v) is 0.943. The van der Waals surface area contributed by atoms with Crippen molar-refractivity contribution in [3.05, 3.63) is 36.4 Å². The van der Waals surface area contributed by atoms with E-state index in [1.54, 1.807) is 12.1 Å². The monoisotopic (exact) mass is 236 g/mol. The summed E-state index contributed by atoms with van der Waals surface area (Å²) >= 11 is 0. The van der Waals surface area contributed by atoms with Crippen LogP contribution in [0, 0.1) is 0 Å². The number of phenolic OH excluding ortho intramolecular Hbond substituents is 1. The standard InChI is InChI=1S/C12H12O5/c1-8(2)12(15)16-7-11(14)17-10-6-4-3-5-9(10)13/h3-6,13H,1,7H2,2H3. The second kappa shape index (κ2) is 5.69. The number of ether oxygens (including phenoxy) is 2. The molecule has 90 valence electrons. The number of carbonyl (C=O) groups is 2. The second-order valence-corrected chi connectivity index (χ2v) is 3.30. The maximum atomic E-state index is 11.3. The Bertz CT molecular complexity index is 450. The highest BCUT2D eigenvalue weighted by Crippen LogP contribution is 2.24. The summed E-state index contributed by atoms with van der Waals surface area (Å²) in [6, 6.07) is 5.99. The Morgan fingerprint density at radius 2 is 2.00 bits per heavy atom. The molecular formula is C12H12O5. The van der Waals surface area contributed by atoms with Gasteiger partial charge >= 0.3 is 11.9 Å². The van der Waals surface area contributed by atoms with E-state index in [0.29, 0.717) is 0 Å². The molecule has 0 atom stereocenters. The van der Waals surface area contributed by atoms with Crippen molar-refractivity contribution in [1.82, 2.24) is 0 Å². The van der Waals surface area contributed by atoms with E-state index < -0.39 is 18.5 Å². The molecule has 1 aromatic rings. The molecule has 1 N–H and O–H groups in total. The molecule has 0 spiro atoms. The van der Waals surface area contributed by atoms with Crippen molar-refractivity contribution in [2.24, 2.45) is 0 Å². The van der Waals surface area contributed by atoms with Crippen LogP contribution in [0.3, 0.4) is 0 Å². The van der Waals surface area contributed by atoms with Crippen LogP contribution in [0.2, 0.25) is 0 Å². The largest absolute Gasteiger partial charge is 0.504 e. The van der Waals surface area contributed by atoms with E-state index in [0.717, 1.165) is 0 Å². The third-order valence-electron chi connectivity index (χ3n) is 1.76. The minimum Gasteiger partial charge on any atom is -0.504 e. The molecule has 17 heavy (non-hydrogen) atoms. The normalized spacial score (nSPS) is 9.47. The summed E-state index contributed by atoms with van der Waals surface area (Å²) in [4.78, 5) is 22.2. The fraction of sp³-hybridized carbons (Fsp3) is 0.167. The smallest absolute Gasteiger partial charge is 0.349 e. The summed E-state index contributed by atoms with van der Waals surface area (Å²) in [7, 11) is 0. The zero-order chi connectivity index (χ0) is 12.8. The van der Waals surface area contributed by atoms with Crippen molar-refractivity contribution in [2.75, 3.05) is 6.61 Å². The molecule has 0 bridgehead atoms. The van der Waals surface area contributed by atoms with Gasteiger partial charge in [-0.3, -0.25) is 0 Å². The Kier molecular flexibility index (Phi) is 4.28. The van der Waals surface area contributed by atoms with Crippen molar-refractivity contribution in [2.45, 2.75) is 6.92 Å². The first-order valence-electron chi connectivity index (χ1n) is 4.82. The Labute approximate surface area is 98.3 Å². The minimum atomic E-state index is -0.777. The van der Waals surface area contributed by atoms with Gasteiger partial charge in [-0.15, -0.1) is 0 Å². The van der Waals surface area contributed by atoms with Crippen molar-refractivity contribution < 1.29 is 24.2 Å². The highest BCUT2D eigenvalue weighted by molar-refractivity contribution is 5.88. The van der Waals surface area contributed by atoms with Gasteiger partial charge in [0.25, 0.3) is 0 Å². The highest BCUT2D eigenvalue weighted by atomic mass is 16.6. The number of carbonyl (C=O) groups excluding carboxylic acids is 2. The third-order valence-corrected chi connectivity index (χ3v) is 1.76. The number of hydrogen-bond acceptors (Lipinski definition) is 5. The topological polar surface area (TPSA) is 72.8 Å². The number of rotatable bonds is 4. The molecule has 0 radical (unpaired) electrons. The number of aromatic hydroxyl groups is 1. The van der Waals surface area contributed by atoms with Crippen LogP contribution >= 0.6 is 0 Å². The number of benzene rings is 1. The average molecular weight is 236 g/mol. The fourth-order valence-electron chi connectivity index (χ4n) is 0.943. The first-order chi connectivity index (χ1) is 8.00. The molecule has 0 amide bonds. The molecular weight excluding hydrogens is 224 g/mol. The van der Waals surface area contributed by atoms with Crippen molar-refractivity contribution >= 4 is 11.9 Å². The number of para-hydroxylation sites is 2. The van der Waals surface area contributed by atoms with Crippen molar-refractivity contribution in [3.8, 4) is 11.5 Å². The van der Waals surface area contributed by atoms with Crippen LogP contribution < -0.4 is 4.74 Å². The predicted molar refractivity (Wildman–Crippen MR) is 59.5 cm³/mol. The Hall–Kier alpha value is -2.30. The number of esters is 2. The molecule has 0 aliphatic carbocycles. The van der Waals surface area contributed by atoms with Gasteiger partial charge in [-0.1, -0.05) is 18.7 Å². The number of phenols is 1. The van der Waals surface area contributed by atoms with Crippen LogP contribution in [0.5, 0.6) is 11.5 Å². The lowest BCUT2D eigenvalue weighted by Crippen LogP contribution is -2.19. The van der Waals surface area contributed by atoms with Crippen LogP contribution in [-0.4, -0.2) is 23.7 Å². The zero-order valence-electron chi connectivity index (χ0n) is 9.30. The average Bonchev–Trinajstić information content (AvgIpc) is 2.29. The van der Waals surface area contributed by atoms with Crippen molar-refractivity contribution in [3.63, 3.8) is 0 Å². The predicted octanol–water partition coefficient (Wildman–Crippen LogP) is 1.42. The molecule has 0 aliphatic heterocycles. The lowest BCUT2D eigenvalue weighted by molar-refractivity contribution is -0.150. The van der Waals surface area contributed by atoms with Gasteiger partial charge in [0.1, 0.15) is 0 Å². The Morgan fingerprint density at radius 1 is 1.35 bits per heavy atom. The molecule has 5 nitrogen and oxygen atoms in total. The summed E-state index contributed by atoms with van der Waals surface area (Å²) in [6.45, 7) is 4.31. The van der Waals surface area contributed by atoms with E-state index in [-0.39, 0.29) is 17.1 Å². The van der Waals surface area contributed by atoms with Crippen LogP contribution in [-0.2, 0) is 14.3 Å². The van der Waals surface area contributed by atoms with E-state index in [4.69, 9.17) is 4.74 Å². The highest BCUT2D eigenvalue weighted by Gasteiger charge is 2.11. The van der Waals surface area contributed by atoms with Gasteiger partial charge in [0.05, 0.1) is 0 Å². The molecule has 1 rings (SSSR count). The van der Waals surface area contributed by atoms with Gasteiger partial charge in [-0.25, -0.2) is 9.59 Å². The SMILES string of the molecule is C=C(C)C(=O)OCC(=O)Oc1ccccc1O. The summed E-state index contributed by atoms with van der Waals surface area (Å²) in [5, 5.41) is 9.33. The Balaban J connectivity index is 2.48. The molecule has 0 heterocycles. The van der Waals surface area contributed by atoms with Gasteiger partial charge in [0, 0.05) is 5.57 Å². The molecule has 0 aromatic heterocycles. The molecule has 0 unspecified atom stereocenters. The maximum Gasteiger partial charge on any atom is 0.349 e. The van der Waals surface area contributed by atoms with Gasteiger partial charge < -0.3 is 14.6 Å². The van der Waals surface area contributed by atoms with Crippen molar-refractivity contribution in [1.29, 1.82) is 0 Å². The molecule has 0 fully saturated rings. The first-order valence-corrected chi connectivity index (χ1v) is 4.82. The molecule has 0 aliphatic rings. The van der Waals surface area contributed by atoms with Gasteiger partial charge in [-0.2, -0.15) is 0 Å². The summed E-state index contributed by atoms with van der Waals surface area (Å²) in [6.07, 6.45) is 0. The molecule has 0 saturated heterocycles. The molecule has 1 aromatic carbocycles. The quantitative estimate of drug-likeness (QED) is 0.486. The van der Waals surface area contributed by atoms with Crippen LogP contribution in [0.15, 0.2) is 36.4 Å². The summed E-state index contributed by atoms with van der Waals surface area (Å²) in [5.74, 6) is -1.59. The lowest BCUT2D eigenvalue weighted by Gasteiger charge is -2.06. The molecule has 5 heteroatoms. The summed E-state index contributed by atoms with van der Waals surface area (Å²) in [5.41, 5.74) is 0.195. The Morgan fingerprint density at radius 3 is 2.59 bits per heavy atom. The van der Waals surface area contributed by atoms with E-state index in [1.165, 1.54) is 19.1 Å². The van der Waals surface area contributed by atoms with Gasteiger partial charge in [0.15, 0.2) is 18.1 Å². The molecule has 0 saturated carbocycles. The zero-order valence-corrected chi connectivity index (χ0v) is 9.30. The summed E-state index contributed by atoms with van der Waals surface area (Å²) < 4.78 is 9.36. The first kappa shape index (κ1) is 12.8. The van der Waals surface area contributed by atoms with Gasteiger partial charge in [0.2, 0.25) is 0 Å². The van der Waals surface area contributed by atoms with E-state index in [1.807, 2.05) is 0 Å². The third kappa shape index (κ3) is 3.98. The van der Waals surface area contributed by atoms with E-state index >= 15 is 0 Å². The van der Waals surface area contributed by atoms with Crippen LogP contribution in [0.4, 0.5) is 0 Å². The van der Waals surface area contributed by atoms with Crippen LogP contribution in [0.1, 0.15) is 6.92 Å².